The molecule has 88 valence electrons. The Morgan fingerprint density at radius 1 is 1.50 bits per heavy atom. The molecule has 0 fully saturated rings. The lowest BCUT2D eigenvalue weighted by Gasteiger charge is -2.10. The lowest BCUT2D eigenvalue weighted by Crippen LogP contribution is -2.09. The van der Waals surface area contributed by atoms with Crippen LogP contribution in [0.4, 0.5) is 13.2 Å². The van der Waals surface area contributed by atoms with Crippen LogP contribution in [0.2, 0.25) is 5.15 Å². The molecule has 0 saturated heterocycles. The molecule has 0 unspecified atom stereocenters. The summed E-state index contributed by atoms with van der Waals surface area (Å²) in [4.78, 5) is 3.41. The predicted octanol–water partition coefficient (Wildman–Crippen LogP) is 3.76. The summed E-state index contributed by atoms with van der Waals surface area (Å²) in [5.74, 6) is 0. The Kier molecular flexibility index (Phi) is 4.18. The Balaban J connectivity index is 3.14. The standard InChI is InChI=1S/C10H9ClF3NO/c1-2-16-6-4-7-3-5-15-9(11)8(7)10(12,13)14/h3-6H,2H2,1H3/b6-4+. The number of pyridine rings is 1. The van der Waals surface area contributed by atoms with Crippen molar-refractivity contribution in [3.63, 3.8) is 0 Å². The van der Waals surface area contributed by atoms with Gasteiger partial charge >= 0.3 is 6.18 Å². The second-order valence-corrected chi connectivity index (χ2v) is 3.18. The molecule has 0 radical (unpaired) electrons. The van der Waals surface area contributed by atoms with E-state index in [0.29, 0.717) is 6.61 Å². The first-order valence-corrected chi connectivity index (χ1v) is 4.84. The van der Waals surface area contributed by atoms with Crippen LogP contribution >= 0.6 is 11.6 Å². The Labute approximate surface area is 95.7 Å². The third-order valence-corrected chi connectivity index (χ3v) is 2.02. The van der Waals surface area contributed by atoms with Crippen molar-refractivity contribution < 1.29 is 17.9 Å². The van der Waals surface area contributed by atoms with E-state index in [4.69, 9.17) is 16.3 Å². The zero-order valence-electron chi connectivity index (χ0n) is 8.38. The van der Waals surface area contributed by atoms with E-state index < -0.39 is 16.9 Å². The topological polar surface area (TPSA) is 22.1 Å². The van der Waals surface area contributed by atoms with Gasteiger partial charge in [0.15, 0.2) is 0 Å². The van der Waals surface area contributed by atoms with Crippen LogP contribution in [0.25, 0.3) is 6.08 Å². The van der Waals surface area contributed by atoms with Crippen LogP contribution in [-0.4, -0.2) is 11.6 Å². The highest BCUT2D eigenvalue weighted by Gasteiger charge is 2.36. The molecule has 0 saturated carbocycles. The summed E-state index contributed by atoms with van der Waals surface area (Å²) in [5.41, 5.74) is -1.02. The van der Waals surface area contributed by atoms with Crippen molar-refractivity contribution in [2.45, 2.75) is 13.1 Å². The highest BCUT2D eigenvalue weighted by atomic mass is 35.5. The average Bonchev–Trinajstić information content (AvgIpc) is 2.16. The number of hydrogen-bond donors (Lipinski definition) is 0. The van der Waals surface area contributed by atoms with Gasteiger partial charge in [-0.25, -0.2) is 4.98 Å². The maximum atomic E-state index is 12.6. The molecule has 0 atom stereocenters. The van der Waals surface area contributed by atoms with Gasteiger partial charge in [0.1, 0.15) is 10.7 Å². The molecule has 0 aliphatic heterocycles. The van der Waals surface area contributed by atoms with Gasteiger partial charge < -0.3 is 4.74 Å². The molecule has 0 spiro atoms. The summed E-state index contributed by atoms with van der Waals surface area (Å²) in [5, 5.41) is -0.564. The molecule has 0 aromatic carbocycles. The number of hydrogen-bond acceptors (Lipinski definition) is 2. The fourth-order valence-electron chi connectivity index (χ4n) is 1.09. The lowest BCUT2D eigenvalue weighted by molar-refractivity contribution is -0.137. The van der Waals surface area contributed by atoms with E-state index in [2.05, 4.69) is 4.98 Å². The molecular formula is C10H9ClF3NO. The van der Waals surface area contributed by atoms with Gasteiger partial charge in [-0.3, -0.25) is 0 Å². The minimum atomic E-state index is -4.53. The van der Waals surface area contributed by atoms with Crippen molar-refractivity contribution in [2.24, 2.45) is 0 Å². The number of alkyl halides is 3. The van der Waals surface area contributed by atoms with E-state index in [9.17, 15) is 13.2 Å². The predicted molar refractivity (Wildman–Crippen MR) is 54.9 cm³/mol. The van der Waals surface area contributed by atoms with Crippen LogP contribution < -0.4 is 0 Å². The fraction of sp³-hybridized carbons (Fsp3) is 0.300. The lowest BCUT2D eigenvalue weighted by atomic mass is 10.1. The molecular weight excluding hydrogens is 243 g/mol. The number of halogens is 4. The van der Waals surface area contributed by atoms with Gasteiger partial charge in [-0.1, -0.05) is 11.6 Å². The summed E-state index contributed by atoms with van der Waals surface area (Å²) in [6, 6.07) is 1.23. The van der Waals surface area contributed by atoms with Crippen LogP contribution in [0.1, 0.15) is 18.1 Å². The highest BCUT2D eigenvalue weighted by Crippen LogP contribution is 2.36. The Bertz CT molecular complexity index is 390. The molecule has 0 aliphatic rings. The summed E-state index contributed by atoms with van der Waals surface area (Å²) in [6.07, 6.45) is -0.915. The van der Waals surface area contributed by atoms with Gasteiger partial charge in [-0.2, -0.15) is 13.2 Å². The van der Waals surface area contributed by atoms with Gasteiger partial charge in [0.2, 0.25) is 0 Å². The molecule has 0 bridgehead atoms. The van der Waals surface area contributed by atoms with Crippen molar-refractivity contribution in [1.29, 1.82) is 0 Å². The Morgan fingerprint density at radius 2 is 2.19 bits per heavy atom. The van der Waals surface area contributed by atoms with Crippen molar-refractivity contribution >= 4 is 17.7 Å². The molecule has 1 rings (SSSR count). The van der Waals surface area contributed by atoms with Crippen LogP contribution in [0.3, 0.4) is 0 Å². The Morgan fingerprint density at radius 3 is 2.75 bits per heavy atom. The zero-order valence-corrected chi connectivity index (χ0v) is 9.14. The van der Waals surface area contributed by atoms with Crippen molar-refractivity contribution in [1.82, 2.24) is 4.98 Å². The minimum absolute atomic E-state index is 0.0686. The molecule has 1 aromatic heterocycles. The van der Waals surface area contributed by atoms with Gasteiger partial charge in [0, 0.05) is 6.20 Å². The van der Waals surface area contributed by atoms with Gasteiger partial charge in [0.05, 0.1) is 12.9 Å². The number of nitrogens with zero attached hydrogens (tertiary/aromatic N) is 1. The maximum absolute atomic E-state index is 12.6. The van der Waals surface area contributed by atoms with Crippen LogP contribution in [0.5, 0.6) is 0 Å². The molecule has 2 nitrogen and oxygen atoms in total. The number of aromatic nitrogens is 1. The van der Waals surface area contributed by atoms with E-state index in [1.165, 1.54) is 24.6 Å². The molecule has 6 heteroatoms. The van der Waals surface area contributed by atoms with Gasteiger partial charge in [-0.05, 0) is 24.6 Å². The van der Waals surface area contributed by atoms with Crippen molar-refractivity contribution in [3.05, 3.63) is 34.8 Å². The Hall–Kier alpha value is -1.23. The van der Waals surface area contributed by atoms with Crippen LogP contribution in [0.15, 0.2) is 18.5 Å². The van der Waals surface area contributed by atoms with E-state index >= 15 is 0 Å². The highest BCUT2D eigenvalue weighted by molar-refractivity contribution is 6.30. The molecule has 1 aromatic rings. The van der Waals surface area contributed by atoms with Crippen LogP contribution in [0, 0.1) is 0 Å². The summed E-state index contributed by atoms with van der Waals surface area (Å²) < 4.78 is 42.7. The fourth-order valence-corrected chi connectivity index (χ4v) is 1.36. The maximum Gasteiger partial charge on any atom is 0.419 e. The first-order chi connectivity index (χ1) is 7.46. The van der Waals surface area contributed by atoms with Crippen molar-refractivity contribution in [2.75, 3.05) is 6.61 Å². The number of ether oxygens (including phenoxy) is 1. The summed E-state index contributed by atoms with van der Waals surface area (Å²) in [7, 11) is 0. The van der Waals surface area contributed by atoms with E-state index in [0.717, 1.165) is 0 Å². The smallest absolute Gasteiger partial charge is 0.419 e. The first-order valence-electron chi connectivity index (χ1n) is 4.46. The van der Waals surface area contributed by atoms with E-state index in [1.807, 2.05) is 0 Å². The quantitative estimate of drug-likeness (QED) is 0.603. The number of rotatable bonds is 3. The van der Waals surface area contributed by atoms with E-state index in [-0.39, 0.29) is 5.56 Å². The first kappa shape index (κ1) is 12.8. The SMILES string of the molecule is CCO/C=C/c1ccnc(Cl)c1C(F)(F)F. The molecule has 16 heavy (non-hydrogen) atoms. The van der Waals surface area contributed by atoms with Crippen LogP contribution in [-0.2, 0) is 10.9 Å². The third kappa shape index (κ3) is 3.13. The molecule has 0 amide bonds. The second kappa shape index (κ2) is 5.21. The summed E-state index contributed by atoms with van der Waals surface area (Å²) >= 11 is 5.42. The van der Waals surface area contributed by atoms with Crippen molar-refractivity contribution in [3.8, 4) is 0 Å². The van der Waals surface area contributed by atoms with E-state index in [1.54, 1.807) is 6.92 Å². The third-order valence-electron chi connectivity index (χ3n) is 1.73. The van der Waals surface area contributed by atoms with Gasteiger partial charge in [0.25, 0.3) is 0 Å². The molecule has 1 heterocycles. The minimum Gasteiger partial charge on any atom is -0.501 e. The monoisotopic (exact) mass is 251 g/mol. The van der Waals surface area contributed by atoms with Gasteiger partial charge in [-0.15, -0.1) is 0 Å². The zero-order chi connectivity index (χ0) is 12.2. The normalized spacial score (nSPS) is 12.1. The molecule has 0 aliphatic carbocycles. The largest absolute Gasteiger partial charge is 0.501 e. The second-order valence-electron chi connectivity index (χ2n) is 2.82. The average molecular weight is 252 g/mol. The molecule has 0 N–H and O–H groups in total. The summed E-state index contributed by atoms with van der Waals surface area (Å²) in [6.45, 7) is 2.12.